The first kappa shape index (κ1) is 47.7. The van der Waals surface area contributed by atoms with Crippen molar-refractivity contribution in [1.82, 2.24) is 4.57 Å². The molecule has 0 fully saturated rings. The molecule has 1 aliphatic carbocycles. The fourth-order valence-electron chi connectivity index (χ4n) is 12.9. The van der Waals surface area contributed by atoms with E-state index >= 15 is 0 Å². The Hall–Kier alpha value is -10.5. The summed E-state index contributed by atoms with van der Waals surface area (Å²) in [4.78, 5) is 2.44. The Labute approximate surface area is 473 Å². The minimum Gasteiger partial charge on any atom is -0.310 e. The predicted molar refractivity (Wildman–Crippen MR) is 340 cm³/mol. The number of hydrogen-bond acceptors (Lipinski definition) is 1. The topological polar surface area (TPSA) is 8.17 Å². The molecule has 13 aromatic carbocycles. The third-order valence-corrected chi connectivity index (χ3v) is 16.6. The van der Waals surface area contributed by atoms with Crippen LogP contribution >= 0.6 is 0 Å². The largest absolute Gasteiger partial charge is 0.310 e. The van der Waals surface area contributed by atoms with Crippen molar-refractivity contribution >= 4 is 38.9 Å². The Kier molecular flexibility index (Phi) is 11.8. The van der Waals surface area contributed by atoms with Gasteiger partial charge in [-0.05, 0) is 162 Å². The van der Waals surface area contributed by atoms with Gasteiger partial charge < -0.3 is 9.47 Å². The van der Waals surface area contributed by atoms with E-state index in [1.165, 1.54) is 88.6 Å². The van der Waals surface area contributed by atoms with Crippen LogP contribution in [-0.4, -0.2) is 4.57 Å². The molecule has 0 aliphatic heterocycles. The monoisotopic (exact) mass is 1030 g/mol. The fourth-order valence-corrected chi connectivity index (χ4v) is 12.9. The zero-order valence-electron chi connectivity index (χ0n) is 44.6. The number of para-hydroxylation sites is 1. The van der Waals surface area contributed by atoms with Gasteiger partial charge in [0.15, 0.2) is 0 Å². The zero-order valence-corrected chi connectivity index (χ0v) is 44.6. The molecule has 0 spiro atoms. The lowest BCUT2D eigenvalue weighted by Crippen LogP contribution is -2.28. The van der Waals surface area contributed by atoms with Crippen LogP contribution in [-0.2, 0) is 5.41 Å². The molecule has 2 nitrogen and oxygen atoms in total. The van der Waals surface area contributed by atoms with Gasteiger partial charge >= 0.3 is 0 Å². The smallest absolute Gasteiger partial charge is 0.0714 e. The van der Waals surface area contributed by atoms with Crippen LogP contribution in [0.2, 0.25) is 0 Å². The Morgan fingerprint density at radius 1 is 0.235 bits per heavy atom. The number of nitrogens with zero attached hydrogens (tertiary/aromatic N) is 2. The molecule has 1 aromatic heterocycles. The van der Waals surface area contributed by atoms with Crippen LogP contribution in [0.15, 0.2) is 328 Å². The summed E-state index contributed by atoms with van der Waals surface area (Å²) >= 11 is 0. The van der Waals surface area contributed by atoms with E-state index in [0.29, 0.717) is 0 Å². The van der Waals surface area contributed by atoms with E-state index in [9.17, 15) is 0 Å². The summed E-state index contributed by atoms with van der Waals surface area (Å²) in [5, 5.41) is 2.45. The van der Waals surface area contributed by atoms with E-state index in [0.717, 1.165) is 45.0 Å². The molecule has 1 heterocycles. The van der Waals surface area contributed by atoms with Gasteiger partial charge in [-0.15, -0.1) is 0 Å². The molecule has 0 bridgehead atoms. The molecule has 81 heavy (non-hydrogen) atoms. The molecule has 380 valence electrons. The normalized spacial score (nSPS) is 12.3. The third-order valence-electron chi connectivity index (χ3n) is 16.6. The summed E-state index contributed by atoms with van der Waals surface area (Å²) in [7, 11) is 0. The molecule has 2 heteroatoms. The van der Waals surface area contributed by atoms with Crippen molar-refractivity contribution in [2.75, 3.05) is 4.90 Å². The molecule has 0 amide bonds. The van der Waals surface area contributed by atoms with Crippen molar-refractivity contribution in [3.05, 3.63) is 350 Å². The maximum atomic E-state index is 2.46. The van der Waals surface area contributed by atoms with Gasteiger partial charge in [-0.1, -0.05) is 255 Å². The number of fused-ring (bicyclic) bond motifs is 6. The van der Waals surface area contributed by atoms with E-state index in [4.69, 9.17) is 0 Å². The molecule has 0 unspecified atom stereocenters. The van der Waals surface area contributed by atoms with Crippen LogP contribution < -0.4 is 4.90 Å². The Balaban J connectivity index is 0.864. The van der Waals surface area contributed by atoms with Crippen LogP contribution in [0.3, 0.4) is 0 Å². The van der Waals surface area contributed by atoms with Gasteiger partial charge in [0, 0.05) is 33.5 Å². The minimum atomic E-state index is -0.537. The molecular formula is C79H54N2. The first-order chi connectivity index (χ1) is 40.2. The Morgan fingerprint density at radius 2 is 0.667 bits per heavy atom. The van der Waals surface area contributed by atoms with Crippen molar-refractivity contribution in [2.45, 2.75) is 5.41 Å². The summed E-state index contributed by atoms with van der Waals surface area (Å²) < 4.78 is 2.46. The van der Waals surface area contributed by atoms with Crippen LogP contribution in [0.25, 0.3) is 94.3 Å². The summed E-state index contributed by atoms with van der Waals surface area (Å²) in [6.07, 6.45) is 0. The highest BCUT2D eigenvalue weighted by Gasteiger charge is 2.46. The molecule has 0 saturated carbocycles. The molecule has 0 N–H and O–H groups in total. The second-order valence-corrected chi connectivity index (χ2v) is 21.2. The summed E-state index contributed by atoms with van der Waals surface area (Å²) in [5.41, 5.74) is 25.5. The Morgan fingerprint density at radius 3 is 1.31 bits per heavy atom. The first-order valence-corrected chi connectivity index (χ1v) is 28.0. The molecule has 14 aromatic rings. The number of anilines is 3. The first-order valence-electron chi connectivity index (χ1n) is 28.0. The number of benzene rings is 13. The minimum absolute atomic E-state index is 0.537. The molecule has 0 atom stereocenters. The van der Waals surface area contributed by atoms with Crippen LogP contribution in [0.1, 0.15) is 22.3 Å². The highest BCUT2D eigenvalue weighted by atomic mass is 15.1. The van der Waals surface area contributed by atoms with Crippen molar-refractivity contribution in [2.24, 2.45) is 0 Å². The number of hydrogen-bond donors (Lipinski definition) is 0. The van der Waals surface area contributed by atoms with E-state index in [2.05, 4.69) is 337 Å². The fraction of sp³-hybridized carbons (Fsp3) is 0.0127. The van der Waals surface area contributed by atoms with Crippen molar-refractivity contribution in [3.63, 3.8) is 0 Å². The predicted octanol–water partition coefficient (Wildman–Crippen LogP) is 21.0. The lowest BCUT2D eigenvalue weighted by molar-refractivity contribution is 0.768. The highest BCUT2D eigenvalue weighted by molar-refractivity contribution is 6.10. The van der Waals surface area contributed by atoms with Gasteiger partial charge in [0.25, 0.3) is 0 Å². The maximum Gasteiger partial charge on any atom is 0.0714 e. The van der Waals surface area contributed by atoms with E-state index in [-0.39, 0.29) is 0 Å². The summed E-state index contributed by atoms with van der Waals surface area (Å²) in [5.74, 6) is 0. The second-order valence-electron chi connectivity index (χ2n) is 21.2. The van der Waals surface area contributed by atoms with Crippen molar-refractivity contribution in [1.29, 1.82) is 0 Å². The van der Waals surface area contributed by atoms with Gasteiger partial charge in [-0.3, -0.25) is 0 Å². The highest BCUT2D eigenvalue weighted by Crippen LogP contribution is 2.57. The molecule has 0 saturated heterocycles. The summed E-state index contributed by atoms with van der Waals surface area (Å²) in [6.45, 7) is 0. The maximum absolute atomic E-state index is 2.46. The molecular weight excluding hydrogens is 977 g/mol. The third kappa shape index (κ3) is 8.27. The van der Waals surface area contributed by atoms with E-state index in [1.54, 1.807) is 0 Å². The van der Waals surface area contributed by atoms with Crippen molar-refractivity contribution in [3.8, 4) is 72.4 Å². The Bertz CT molecular complexity index is 4500. The molecule has 1 aliphatic rings. The van der Waals surface area contributed by atoms with Gasteiger partial charge in [0.2, 0.25) is 0 Å². The van der Waals surface area contributed by atoms with E-state index in [1.807, 2.05) is 0 Å². The average molecular weight is 1030 g/mol. The lowest BCUT2D eigenvalue weighted by Gasteiger charge is -2.35. The zero-order chi connectivity index (χ0) is 53.7. The SMILES string of the molecule is c1ccc(-c2ccc(N(c3cccc(-c4cccc(-c5ccc6c7ccccc7n(-c7cc(-c8ccccc8)cc(-c8ccccc8)c7)c6c5)c4)c3)c3ccc4c(c3)C(c3ccccc3)(c3ccccc3)c3ccccc3-4)cc2)cc1. The lowest BCUT2D eigenvalue weighted by atomic mass is 9.67. The second kappa shape index (κ2) is 20.0. The number of rotatable bonds is 11. The molecule has 0 radical (unpaired) electrons. The van der Waals surface area contributed by atoms with Crippen LogP contribution in [0.5, 0.6) is 0 Å². The van der Waals surface area contributed by atoms with Gasteiger partial charge in [-0.25, -0.2) is 0 Å². The van der Waals surface area contributed by atoms with Gasteiger partial charge in [0.05, 0.1) is 16.4 Å². The average Bonchev–Trinajstić information content (AvgIpc) is 3.48. The van der Waals surface area contributed by atoms with Gasteiger partial charge in [-0.2, -0.15) is 0 Å². The standard InChI is InChI=1S/C79H54N2/c1-6-22-55(23-7-1)58-40-43-67(44-41-58)80(69-45-47-72-71-36-16-18-38-75(71)79(76(72)54-69,65-31-12-4-13-32-65)66-33-14-5-15-34-66)68-35-21-30-61(50-68)59-28-20-29-60(48-59)62-42-46-74-73-37-17-19-39-77(73)81(78(74)53-62)70-51-63(56-24-8-2-9-25-56)49-64(52-70)57-26-10-3-11-27-57/h1-54H. The number of aromatic nitrogens is 1. The quantitative estimate of drug-likeness (QED) is 0.125. The van der Waals surface area contributed by atoms with Crippen molar-refractivity contribution < 1.29 is 0 Å². The van der Waals surface area contributed by atoms with Gasteiger partial charge in [0.1, 0.15) is 0 Å². The van der Waals surface area contributed by atoms with Crippen LogP contribution in [0.4, 0.5) is 17.1 Å². The summed E-state index contributed by atoms with van der Waals surface area (Å²) in [6, 6.07) is 120. The molecule has 15 rings (SSSR count). The van der Waals surface area contributed by atoms with E-state index < -0.39 is 5.41 Å². The van der Waals surface area contributed by atoms with Crippen LogP contribution in [0, 0.1) is 0 Å².